The van der Waals surface area contributed by atoms with Crippen LogP contribution in [0.25, 0.3) is 10.9 Å². The fourth-order valence-corrected chi connectivity index (χ4v) is 3.98. The van der Waals surface area contributed by atoms with E-state index in [0.29, 0.717) is 6.61 Å². The van der Waals surface area contributed by atoms with Crippen LogP contribution >= 0.6 is 0 Å². The molecule has 2 aromatic heterocycles. The molecule has 2 aliphatic heterocycles. The number of ether oxygens (including phenoxy) is 2. The molecule has 5 rings (SSSR count). The molecular formula is C20H24N4O2. The quantitative estimate of drug-likeness (QED) is 0.784. The topological polar surface area (TPSA) is 55.3 Å². The SMILES string of the molecule is c1cc(OC2CCN(Cc3cc4n(n3)CCOC4)CC2)c2cc[nH]c2c1. The average Bonchev–Trinajstić information content (AvgIpc) is 3.30. The molecule has 4 heterocycles. The number of rotatable bonds is 4. The van der Waals surface area contributed by atoms with Crippen molar-refractivity contribution < 1.29 is 9.47 Å². The van der Waals surface area contributed by atoms with Crippen LogP contribution in [0.2, 0.25) is 0 Å². The predicted molar refractivity (Wildman–Crippen MR) is 99.1 cm³/mol. The van der Waals surface area contributed by atoms with E-state index in [1.165, 1.54) is 11.1 Å². The number of aromatic amines is 1. The van der Waals surface area contributed by atoms with Crippen molar-refractivity contribution in [2.24, 2.45) is 0 Å². The highest BCUT2D eigenvalue weighted by Gasteiger charge is 2.22. The van der Waals surface area contributed by atoms with Crippen molar-refractivity contribution in [1.82, 2.24) is 19.7 Å². The number of hydrogen-bond donors (Lipinski definition) is 1. The van der Waals surface area contributed by atoms with Gasteiger partial charge in [-0.15, -0.1) is 0 Å². The van der Waals surface area contributed by atoms with Gasteiger partial charge >= 0.3 is 0 Å². The number of likely N-dealkylation sites (tertiary alicyclic amines) is 1. The molecule has 1 saturated heterocycles. The van der Waals surface area contributed by atoms with E-state index in [1.54, 1.807) is 0 Å². The standard InChI is InChI=1S/C20H24N4O2/c1-2-19-18(4-7-21-19)20(3-1)26-17-5-8-23(9-6-17)13-15-12-16-14-25-11-10-24(16)22-15/h1-4,7,12,17,21H,5-6,8-11,13-14H2. The van der Waals surface area contributed by atoms with Gasteiger partial charge in [0.15, 0.2) is 0 Å². The van der Waals surface area contributed by atoms with Crippen LogP contribution in [0.15, 0.2) is 36.5 Å². The molecule has 0 aliphatic carbocycles. The maximum atomic E-state index is 6.31. The van der Waals surface area contributed by atoms with Gasteiger partial charge in [-0.25, -0.2) is 0 Å². The molecule has 2 aliphatic rings. The van der Waals surface area contributed by atoms with Gasteiger partial charge in [0.25, 0.3) is 0 Å². The Morgan fingerprint density at radius 3 is 3.00 bits per heavy atom. The number of fused-ring (bicyclic) bond motifs is 2. The maximum absolute atomic E-state index is 6.31. The first-order chi connectivity index (χ1) is 12.8. The van der Waals surface area contributed by atoms with Gasteiger partial charge in [0, 0.05) is 36.7 Å². The van der Waals surface area contributed by atoms with Gasteiger partial charge < -0.3 is 14.5 Å². The zero-order valence-electron chi connectivity index (χ0n) is 14.9. The third-order valence-electron chi connectivity index (χ3n) is 5.38. The number of piperidine rings is 1. The summed E-state index contributed by atoms with van der Waals surface area (Å²) in [6, 6.07) is 10.5. The second kappa shape index (κ2) is 6.78. The molecule has 136 valence electrons. The molecule has 6 nitrogen and oxygen atoms in total. The number of H-pyrrole nitrogens is 1. The Bertz CT molecular complexity index is 869. The summed E-state index contributed by atoms with van der Waals surface area (Å²) in [6.45, 7) is 5.34. The van der Waals surface area contributed by atoms with Crippen molar-refractivity contribution >= 4 is 10.9 Å². The van der Waals surface area contributed by atoms with Gasteiger partial charge in [0.1, 0.15) is 11.9 Å². The largest absolute Gasteiger partial charge is 0.490 e. The van der Waals surface area contributed by atoms with E-state index in [2.05, 4.69) is 38.8 Å². The molecule has 0 amide bonds. The summed E-state index contributed by atoms with van der Waals surface area (Å²) in [4.78, 5) is 5.72. The summed E-state index contributed by atoms with van der Waals surface area (Å²) in [5, 5.41) is 5.89. The second-order valence-corrected chi connectivity index (χ2v) is 7.19. The van der Waals surface area contributed by atoms with Crippen molar-refractivity contribution in [3.63, 3.8) is 0 Å². The Labute approximate surface area is 152 Å². The molecule has 6 heteroatoms. The van der Waals surface area contributed by atoms with E-state index >= 15 is 0 Å². The van der Waals surface area contributed by atoms with Gasteiger partial charge in [0.2, 0.25) is 0 Å². The van der Waals surface area contributed by atoms with E-state index < -0.39 is 0 Å². The summed E-state index contributed by atoms with van der Waals surface area (Å²) < 4.78 is 13.9. The first-order valence-corrected chi connectivity index (χ1v) is 9.43. The molecule has 26 heavy (non-hydrogen) atoms. The van der Waals surface area contributed by atoms with Gasteiger partial charge in [-0.05, 0) is 37.1 Å². The molecule has 0 radical (unpaired) electrons. The molecule has 0 saturated carbocycles. The smallest absolute Gasteiger partial charge is 0.129 e. The summed E-state index contributed by atoms with van der Waals surface area (Å²) in [6.07, 6.45) is 4.36. The molecule has 0 atom stereocenters. The predicted octanol–water partition coefficient (Wildman–Crippen LogP) is 2.94. The summed E-state index contributed by atoms with van der Waals surface area (Å²) >= 11 is 0. The lowest BCUT2D eigenvalue weighted by Crippen LogP contribution is -2.37. The van der Waals surface area contributed by atoms with Crippen LogP contribution in [0, 0.1) is 0 Å². The number of aromatic nitrogens is 3. The normalized spacial score (nSPS) is 18.9. The Morgan fingerprint density at radius 1 is 1.19 bits per heavy atom. The Hall–Kier alpha value is -2.31. The number of nitrogens with zero attached hydrogens (tertiary/aromatic N) is 3. The summed E-state index contributed by atoms with van der Waals surface area (Å²) in [7, 11) is 0. The zero-order valence-corrected chi connectivity index (χ0v) is 14.9. The van der Waals surface area contributed by atoms with Gasteiger partial charge in [-0.2, -0.15) is 5.10 Å². The van der Waals surface area contributed by atoms with Crippen molar-refractivity contribution in [2.75, 3.05) is 19.7 Å². The Kier molecular flexibility index (Phi) is 4.15. The van der Waals surface area contributed by atoms with Crippen molar-refractivity contribution in [2.45, 2.75) is 38.6 Å². The van der Waals surface area contributed by atoms with Crippen molar-refractivity contribution in [3.8, 4) is 5.75 Å². The molecule has 1 N–H and O–H groups in total. The van der Waals surface area contributed by atoms with Crippen LogP contribution in [-0.2, 0) is 24.4 Å². The lowest BCUT2D eigenvalue weighted by atomic mass is 10.1. The molecule has 1 fully saturated rings. The van der Waals surface area contributed by atoms with E-state index in [4.69, 9.17) is 14.6 Å². The van der Waals surface area contributed by atoms with Crippen molar-refractivity contribution in [3.05, 3.63) is 47.9 Å². The third kappa shape index (κ3) is 3.10. The van der Waals surface area contributed by atoms with Crippen LogP contribution in [-0.4, -0.2) is 45.5 Å². The van der Waals surface area contributed by atoms with E-state index in [1.807, 2.05) is 12.3 Å². The summed E-state index contributed by atoms with van der Waals surface area (Å²) in [5.41, 5.74) is 3.48. The molecular weight excluding hydrogens is 328 g/mol. The Morgan fingerprint density at radius 2 is 2.12 bits per heavy atom. The second-order valence-electron chi connectivity index (χ2n) is 7.19. The third-order valence-corrected chi connectivity index (χ3v) is 5.38. The van der Waals surface area contributed by atoms with Gasteiger partial charge in [-0.3, -0.25) is 9.58 Å². The maximum Gasteiger partial charge on any atom is 0.129 e. The molecule has 1 aromatic carbocycles. The molecule has 3 aromatic rings. The molecule has 0 unspecified atom stereocenters. The minimum absolute atomic E-state index is 0.287. The van der Waals surface area contributed by atoms with E-state index in [9.17, 15) is 0 Å². The van der Waals surface area contributed by atoms with Gasteiger partial charge in [0.05, 0.1) is 31.1 Å². The first-order valence-electron chi connectivity index (χ1n) is 9.43. The average molecular weight is 352 g/mol. The fourth-order valence-electron chi connectivity index (χ4n) is 3.98. The molecule has 0 spiro atoms. The lowest BCUT2D eigenvalue weighted by Gasteiger charge is -2.31. The highest BCUT2D eigenvalue weighted by Crippen LogP contribution is 2.27. The van der Waals surface area contributed by atoms with Gasteiger partial charge in [-0.1, -0.05) is 6.07 Å². The highest BCUT2D eigenvalue weighted by atomic mass is 16.5. The van der Waals surface area contributed by atoms with E-state index in [0.717, 1.165) is 62.6 Å². The monoisotopic (exact) mass is 352 g/mol. The zero-order chi connectivity index (χ0) is 17.3. The minimum atomic E-state index is 0.287. The van der Waals surface area contributed by atoms with E-state index in [-0.39, 0.29) is 6.10 Å². The first kappa shape index (κ1) is 15.9. The van der Waals surface area contributed by atoms with Crippen LogP contribution in [0.5, 0.6) is 5.75 Å². The van der Waals surface area contributed by atoms with Crippen LogP contribution in [0.3, 0.4) is 0 Å². The number of benzene rings is 1. The van der Waals surface area contributed by atoms with Crippen LogP contribution < -0.4 is 4.74 Å². The summed E-state index contributed by atoms with van der Waals surface area (Å²) in [5.74, 6) is 0.990. The fraction of sp³-hybridized carbons (Fsp3) is 0.450. The van der Waals surface area contributed by atoms with Crippen LogP contribution in [0.4, 0.5) is 0 Å². The Balaban J connectivity index is 1.18. The molecule has 0 bridgehead atoms. The minimum Gasteiger partial charge on any atom is -0.490 e. The highest BCUT2D eigenvalue weighted by molar-refractivity contribution is 5.85. The van der Waals surface area contributed by atoms with Crippen molar-refractivity contribution in [1.29, 1.82) is 0 Å². The van der Waals surface area contributed by atoms with Crippen LogP contribution in [0.1, 0.15) is 24.2 Å². The number of nitrogens with one attached hydrogen (secondary N) is 1. The lowest BCUT2D eigenvalue weighted by molar-refractivity contribution is 0.0797. The number of hydrogen-bond acceptors (Lipinski definition) is 4.